The van der Waals surface area contributed by atoms with Crippen LogP contribution in [0.3, 0.4) is 0 Å². The second-order valence-corrected chi connectivity index (χ2v) is 2.13. The molecule has 1 rings (SSSR count). The van der Waals surface area contributed by atoms with Crippen LogP contribution in [-0.2, 0) is 0 Å². The van der Waals surface area contributed by atoms with Crippen molar-refractivity contribution in [3.05, 3.63) is 24.2 Å². The van der Waals surface area contributed by atoms with Gasteiger partial charge in [0.05, 0.1) is 12.3 Å². The number of rotatable bonds is 2. The maximum atomic E-state index is 11.0. The molecule has 0 radical (unpaired) electrons. The van der Waals surface area contributed by atoms with Gasteiger partial charge >= 0.3 is 0 Å². The normalized spacial score (nSPS) is 13.0. The molecule has 1 heterocycles. The summed E-state index contributed by atoms with van der Waals surface area (Å²) < 4.78 is 4.83. The highest BCUT2D eigenvalue weighted by Crippen LogP contribution is 2.02. The van der Waals surface area contributed by atoms with Crippen LogP contribution in [0.15, 0.2) is 22.8 Å². The van der Waals surface area contributed by atoms with E-state index in [1.54, 1.807) is 19.1 Å². The van der Waals surface area contributed by atoms with Gasteiger partial charge in [0.1, 0.15) is 0 Å². The molecule has 0 aliphatic carbocycles. The lowest BCUT2D eigenvalue weighted by atomic mass is 10.2. The van der Waals surface area contributed by atoms with Gasteiger partial charge in [0.15, 0.2) is 5.76 Å². The van der Waals surface area contributed by atoms with Crippen molar-refractivity contribution in [2.45, 2.75) is 13.0 Å². The van der Waals surface area contributed by atoms with Crippen LogP contribution in [0, 0.1) is 0 Å². The predicted molar refractivity (Wildman–Crippen MR) is 36.7 cm³/mol. The Bertz CT molecular complexity index is 214. The molecule has 10 heavy (non-hydrogen) atoms. The Kier molecular flexibility index (Phi) is 1.87. The van der Waals surface area contributed by atoms with Crippen LogP contribution < -0.4 is 5.73 Å². The molecule has 0 unspecified atom stereocenters. The van der Waals surface area contributed by atoms with Crippen molar-refractivity contribution in [1.29, 1.82) is 0 Å². The molecule has 54 valence electrons. The summed E-state index contributed by atoms with van der Waals surface area (Å²) in [6, 6.07) is 2.78. The topological polar surface area (TPSA) is 56.2 Å². The Balaban J connectivity index is 2.78. The fourth-order valence-electron chi connectivity index (χ4n) is 0.643. The third-order valence-electron chi connectivity index (χ3n) is 1.18. The molecule has 1 atom stereocenters. The Morgan fingerprint density at radius 2 is 2.50 bits per heavy atom. The molecule has 0 aliphatic rings. The lowest BCUT2D eigenvalue weighted by molar-refractivity contribution is 0.0941. The second kappa shape index (κ2) is 2.66. The van der Waals surface area contributed by atoms with E-state index in [0.29, 0.717) is 5.76 Å². The van der Waals surface area contributed by atoms with Crippen molar-refractivity contribution in [3.63, 3.8) is 0 Å². The number of hydrogen-bond donors (Lipinski definition) is 1. The number of hydrogen-bond acceptors (Lipinski definition) is 3. The summed E-state index contributed by atoms with van der Waals surface area (Å²) in [5.41, 5.74) is 5.32. The van der Waals surface area contributed by atoms with Crippen LogP contribution in [0.1, 0.15) is 17.5 Å². The molecule has 1 aromatic heterocycles. The van der Waals surface area contributed by atoms with Crippen molar-refractivity contribution >= 4 is 5.78 Å². The number of ketones is 1. The predicted octanol–water partition coefficient (Wildman–Crippen LogP) is 0.810. The minimum absolute atomic E-state index is 0.162. The molecule has 0 saturated carbocycles. The zero-order valence-electron chi connectivity index (χ0n) is 5.70. The Labute approximate surface area is 58.8 Å². The Morgan fingerprint density at radius 1 is 1.80 bits per heavy atom. The fourth-order valence-corrected chi connectivity index (χ4v) is 0.643. The molecule has 3 heteroatoms. The number of carbonyl (C=O) groups excluding carboxylic acids is 1. The minimum atomic E-state index is -0.480. The number of Topliss-reactive ketones (excluding diaryl/α,β-unsaturated/α-hetero) is 1. The summed E-state index contributed by atoms with van der Waals surface area (Å²) in [5, 5.41) is 0. The highest BCUT2D eigenvalue weighted by atomic mass is 16.3. The van der Waals surface area contributed by atoms with Gasteiger partial charge in [-0.2, -0.15) is 0 Å². The summed E-state index contributed by atoms with van der Waals surface area (Å²) >= 11 is 0. The Morgan fingerprint density at radius 3 is 2.90 bits per heavy atom. The average Bonchev–Trinajstić information content (AvgIpc) is 2.36. The molecule has 0 saturated heterocycles. The molecule has 0 fully saturated rings. The van der Waals surface area contributed by atoms with Gasteiger partial charge in [-0.1, -0.05) is 0 Å². The van der Waals surface area contributed by atoms with Crippen LogP contribution in [-0.4, -0.2) is 11.8 Å². The first-order valence-corrected chi connectivity index (χ1v) is 3.05. The molecular formula is C7H9NO2. The lowest BCUT2D eigenvalue weighted by Crippen LogP contribution is -2.26. The first-order chi connectivity index (χ1) is 4.72. The summed E-state index contributed by atoms with van der Waals surface area (Å²) in [7, 11) is 0. The summed E-state index contributed by atoms with van der Waals surface area (Å²) in [5.74, 6) is 0.167. The molecule has 3 nitrogen and oxygen atoms in total. The van der Waals surface area contributed by atoms with Crippen LogP contribution in [0.2, 0.25) is 0 Å². The number of carbonyl (C=O) groups is 1. The van der Waals surface area contributed by atoms with Gasteiger partial charge in [-0.15, -0.1) is 0 Å². The van der Waals surface area contributed by atoms with E-state index in [0.717, 1.165) is 0 Å². The zero-order chi connectivity index (χ0) is 7.56. The van der Waals surface area contributed by atoms with E-state index in [1.165, 1.54) is 6.26 Å². The van der Waals surface area contributed by atoms with Gasteiger partial charge < -0.3 is 10.2 Å². The van der Waals surface area contributed by atoms with Crippen molar-refractivity contribution in [3.8, 4) is 0 Å². The zero-order valence-corrected chi connectivity index (χ0v) is 5.70. The molecule has 0 aromatic carbocycles. The SMILES string of the molecule is C[C@H](N)C(=O)c1ccco1. The monoisotopic (exact) mass is 139 g/mol. The first kappa shape index (κ1) is 7.02. The van der Waals surface area contributed by atoms with E-state index < -0.39 is 6.04 Å². The smallest absolute Gasteiger partial charge is 0.214 e. The van der Waals surface area contributed by atoms with Gasteiger partial charge in [0.25, 0.3) is 0 Å². The summed E-state index contributed by atoms with van der Waals surface area (Å²) in [6.07, 6.45) is 1.45. The molecule has 2 N–H and O–H groups in total. The van der Waals surface area contributed by atoms with Crippen LogP contribution >= 0.6 is 0 Å². The molecule has 0 bridgehead atoms. The van der Waals surface area contributed by atoms with Crippen LogP contribution in [0.4, 0.5) is 0 Å². The van der Waals surface area contributed by atoms with E-state index in [1.807, 2.05) is 0 Å². The first-order valence-electron chi connectivity index (χ1n) is 3.05. The maximum Gasteiger partial charge on any atom is 0.214 e. The van der Waals surface area contributed by atoms with E-state index in [4.69, 9.17) is 10.2 Å². The van der Waals surface area contributed by atoms with Crippen molar-refractivity contribution in [1.82, 2.24) is 0 Å². The summed E-state index contributed by atoms with van der Waals surface area (Å²) in [4.78, 5) is 11.0. The average molecular weight is 139 g/mol. The van der Waals surface area contributed by atoms with E-state index in [-0.39, 0.29) is 5.78 Å². The third-order valence-corrected chi connectivity index (χ3v) is 1.18. The van der Waals surface area contributed by atoms with Crippen LogP contribution in [0.25, 0.3) is 0 Å². The number of furan rings is 1. The van der Waals surface area contributed by atoms with E-state index >= 15 is 0 Å². The van der Waals surface area contributed by atoms with Gasteiger partial charge in [-0.25, -0.2) is 0 Å². The highest BCUT2D eigenvalue weighted by Gasteiger charge is 2.12. The highest BCUT2D eigenvalue weighted by molar-refractivity contribution is 5.97. The summed E-state index contributed by atoms with van der Waals surface area (Å²) in [6.45, 7) is 1.63. The maximum absolute atomic E-state index is 11.0. The lowest BCUT2D eigenvalue weighted by Gasteiger charge is -1.97. The Hall–Kier alpha value is -1.09. The van der Waals surface area contributed by atoms with Crippen molar-refractivity contribution in [2.75, 3.05) is 0 Å². The second-order valence-electron chi connectivity index (χ2n) is 2.13. The molecule has 1 aromatic rings. The molecule has 0 amide bonds. The largest absolute Gasteiger partial charge is 0.461 e. The molecule has 0 aliphatic heterocycles. The molecule has 0 spiro atoms. The van der Waals surface area contributed by atoms with Gasteiger partial charge in [0, 0.05) is 0 Å². The van der Waals surface area contributed by atoms with Gasteiger partial charge in [-0.05, 0) is 19.1 Å². The fraction of sp³-hybridized carbons (Fsp3) is 0.286. The minimum Gasteiger partial charge on any atom is -0.461 e. The standard InChI is InChI=1S/C7H9NO2/c1-5(8)7(9)6-3-2-4-10-6/h2-5H,8H2,1H3/t5-/m0/s1. The van der Waals surface area contributed by atoms with E-state index in [2.05, 4.69) is 0 Å². The molecular weight excluding hydrogens is 130 g/mol. The van der Waals surface area contributed by atoms with Gasteiger partial charge in [0.2, 0.25) is 5.78 Å². The number of nitrogens with two attached hydrogens (primary N) is 1. The van der Waals surface area contributed by atoms with Crippen molar-refractivity contribution in [2.24, 2.45) is 5.73 Å². The quantitative estimate of drug-likeness (QED) is 0.617. The van der Waals surface area contributed by atoms with Crippen molar-refractivity contribution < 1.29 is 9.21 Å². The van der Waals surface area contributed by atoms with E-state index in [9.17, 15) is 4.79 Å². The van der Waals surface area contributed by atoms with Crippen LogP contribution in [0.5, 0.6) is 0 Å². The van der Waals surface area contributed by atoms with Gasteiger partial charge in [-0.3, -0.25) is 4.79 Å². The third kappa shape index (κ3) is 1.25.